The van der Waals surface area contributed by atoms with Gasteiger partial charge in [-0.3, -0.25) is 4.90 Å². The predicted molar refractivity (Wildman–Crippen MR) is 78.1 cm³/mol. The zero-order chi connectivity index (χ0) is 13.3. The molecule has 2 unspecified atom stereocenters. The molecule has 2 atom stereocenters. The van der Waals surface area contributed by atoms with Crippen LogP contribution in [0, 0.1) is 5.92 Å². The van der Waals surface area contributed by atoms with Gasteiger partial charge in [-0.15, -0.1) is 11.3 Å². The number of thiophene rings is 1. The van der Waals surface area contributed by atoms with Gasteiger partial charge in [0.25, 0.3) is 0 Å². The lowest BCUT2D eigenvalue weighted by molar-refractivity contribution is 0.127. The highest BCUT2D eigenvalue weighted by molar-refractivity contribution is 7.12. The molecule has 1 aromatic heterocycles. The lowest BCUT2D eigenvalue weighted by atomic mass is 9.95. The number of rotatable bonds is 3. The molecule has 1 saturated heterocycles. The van der Waals surface area contributed by atoms with Crippen LogP contribution in [0.25, 0.3) is 0 Å². The molecule has 0 spiro atoms. The van der Waals surface area contributed by atoms with Gasteiger partial charge in [0.05, 0.1) is 6.10 Å². The number of likely N-dealkylation sites (tertiary alicyclic amines) is 1. The summed E-state index contributed by atoms with van der Waals surface area (Å²) in [7, 11) is 0. The van der Waals surface area contributed by atoms with Crippen molar-refractivity contribution in [3.05, 3.63) is 21.9 Å². The van der Waals surface area contributed by atoms with E-state index in [0.717, 1.165) is 26.1 Å². The summed E-state index contributed by atoms with van der Waals surface area (Å²) in [6.45, 7) is 11.9. The number of aliphatic hydroxyl groups excluding tert-OH is 1. The molecule has 2 heterocycles. The summed E-state index contributed by atoms with van der Waals surface area (Å²) in [4.78, 5) is 5.38. The van der Waals surface area contributed by atoms with Gasteiger partial charge in [0.15, 0.2) is 0 Å². The third-order valence-electron chi connectivity index (χ3n) is 3.77. The SMILES string of the molecule is CC(O)C1CCN(Cc2ccc(C(C)(C)C)s2)C1. The van der Waals surface area contributed by atoms with E-state index in [1.54, 1.807) is 0 Å². The number of nitrogens with zero attached hydrogens (tertiary/aromatic N) is 1. The fourth-order valence-corrected chi connectivity index (χ4v) is 3.59. The van der Waals surface area contributed by atoms with Crippen LogP contribution >= 0.6 is 11.3 Å². The molecule has 0 amide bonds. The maximum Gasteiger partial charge on any atom is 0.0552 e. The molecular formula is C15H25NOS. The monoisotopic (exact) mass is 267 g/mol. The van der Waals surface area contributed by atoms with Crippen LogP contribution in [0.15, 0.2) is 12.1 Å². The van der Waals surface area contributed by atoms with E-state index in [0.29, 0.717) is 5.92 Å². The third-order valence-corrected chi connectivity index (χ3v) is 5.27. The van der Waals surface area contributed by atoms with Crippen LogP contribution in [0.3, 0.4) is 0 Å². The molecule has 3 heteroatoms. The van der Waals surface area contributed by atoms with Gasteiger partial charge in [-0.1, -0.05) is 20.8 Å². The Morgan fingerprint density at radius 2 is 2.17 bits per heavy atom. The minimum atomic E-state index is -0.163. The van der Waals surface area contributed by atoms with Gasteiger partial charge < -0.3 is 5.11 Å². The van der Waals surface area contributed by atoms with E-state index in [-0.39, 0.29) is 11.5 Å². The molecule has 2 nitrogen and oxygen atoms in total. The highest BCUT2D eigenvalue weighted by atomic mass is 32.1. The second-order valence-corrected chi connectivity index (χ2v) is 7.71. The Morgan fingerprint density at radius 3 is 2.67 bits per heavy atom. The second-order valence-electron chi connectivity index (χ2n) is 6.54. The van der Waals surface area contributed by atoms with Gasteiger partial charge in [0.2, 0.25) is 0 Å². The van der Waals surface area contributed by atoms with Crippen LogP contribution in [0.4, 0.5) is 0 Å². The van der Waals surface area contributed by atoms with Crippen molar-refractivity contribution < 1.29 is 5.11 Å². The fraction of sp³-hybridized carbons (Fsp3) is 0.733. The van der Waals surface area contributed by atoms with Gasteiger partial charge in [-0.25, -0.2) is 0 Å². The summed E-state index contributed by atoms with van der Waals surface area (Å²) >= 11 is 1.93. The van der Waals surface area contributed by atoms with Gasteiger partial charge in [0, 0.05) is 22.8 Å². The van der Waals surface area contributed by atoms with E-state index < -0.39 is 0 Å². The molecular weight excluding hydrogens is 242 g/mol. The van der Waals surface area contributed by atoms with E-state index in [1.165, 1.54) is 9.75 Å². The topological polar surface area (TPSA) is 23.5 Å². The molecule has 102 valence electrons. The summed E-state index contributed by atoms with van der Waals surface area (Å²) in [6, 6.07) is 4.53. The Balaban J connectivity index is 1.93. The average Bonchev–Trinajstić information content (AvgIpc) is 2.85. The van der Waals surface area contributed by atoms with Crippen LogP contribution in [0.1, 0.15) is 43.9 Å². The first kappa shape index (κ1) is 14.0. The van der Waals surface area contributed by atoms with E-state index in [2.05, 4.69) is 37.8 Å². The normalized spacial score (nSPS) is 23.5. The van der Waals surface area contributed by atoms with Crippen molar-refractivity contribution in [3.63, 3.8) is 0 Å². The summed E-state index contributed by atoms with van der Waals surface area (Å²) < 4.78 is 0. The van der Waals surface area contributed by atoms with Gasteiger partial charge in [0.1, 0.15) is 0 Å². The van der Waals surface area contributed by atoms with E-state index in [9.17, 15) is 5.11 Å². The molecule has 1 aromatic rings. The molecule has 0 bridgehead atoms. The molecule has 1 N–H and O–H groups in total. The number of aliphatic hydroxyl groups is 1. The summed E-state index contributed by atoms with van der Waals surface area (Å²) in [5, 5.41) is 9.62. The second kappa shape index (κ2) is 5.32. The predicted octanol–water partition coefficient (Wildman–Crippen LogP) is 3.25. The average molecular weight is 267 g/mol. The smallest absolute Gasteiger partial charge is 0.0552 e. The van der Waals surface area contributed by atoms with Crippen molar-refractivity contribution in [2.24, 2.45) is 5.92 Å². The Labute approximate surface area is 115 Å². The van der Waals surface area contributed by atoms with Crippen molar-refractivity contribution in [1.82, 2.24) is 4.90 Å². The first-order valence-electron chi connectivity index (χ1n) is 6.86. The highest BCUT2D eigenvalue weighted by Gasteiger charge is 2.26. The molecule has 1 fully saturated rings. The van der Waals surface area contributed by atoms with Crippen LogP contribution in [0.2, 0.25) is 0 Å². The fourth-order valence-electron chi connectivity index (χ4n) is 2.49. The largest absolute Gasteiger partial charge is 0.393 e. The summed E-state index contributed by atoms with van der Waals surface area (Å²) in [5.41, 5.74) is 0.260. The standard InChI is InChI=1S/C15H25NOS/c1-11(17)12-7-8-16(9-12)10-13-5-6-14(18-13)15(2,3)4/h5-6,11-12,17H,7-10H2,1-4H3. The highest BCUT2D eigenvalue weighted by Crippen LogP contribution is 2.31. The lowest BCUT2D eigenvalue weighted by Crippen LogP contribution is -2.23. The first-order valence-corrected chi connectivity index (χ1v) is 7.67. The van der Waals surface area contributed by atoms with Crippen LogP contribution in [-0.4, -0.2) is 29.2 Å². The lowest BCUT2D eigenvalue weighted by Gasteiger charge is -2.17. The number of hydrogen-bond acceptors (Lipinski definition) is 3. The zero-order valence-corrected chi connectivity index (χ0v) is 12.8. The van der Waals surface area contributed by atoms with Crippen LogP contribution in [-0.2, 0) is 12.0 Å². The van der Waals surface area contributed by atoms with Crippen molar-refractivity contribution in [2.75, 3.05) is 13.1 Å². The minimum Gasteiger partial charge on any atom is -0.393 e. The maximum atomic E-state index is 9.62. The van der Waals surface area contributed by atoms with Crippen molar-refractivity contribution in [1.29, 1.82) is 0 Å². The van der Waals surface area contributed by atoms with Crippen LogP contribution < -0.4 is 0 Å². The summed E-state index contributed by atoms with van der Waals surface area (Å²) in [5.74, 6) is 0.465. The molecule has 18 heavy (non-hydrogen) atoms. The van der Waals surface area contributed by atoms with Gasteiger partial charge in [-0.2, -0.15) is 0 Å². The van der Waals surface area contributed by atoms with E-state index in [4.69, 9.17) is 0 Å². The van der Waals surface area contributed by atoms with Crippen LogP contribution in [0.5, 0.6) is 0 Å². The maximum absolute atomic E-state index is 9.62. The molecule has 1 aliphatic rings. The molecule has 0 aliphatic carbocycles. The van der Waals surface area contributed by atoms with Crippen molar-refractivity contribution in [3.8, 4) is 0 Å². The molecule has 0 radical (unpaired) electrons. The van der Waals surface area contributed by atoms with E-state index in [1.807, 2.05) is 18.3 Å². The van der Waals surface area contributed by atoms with Gasteiger partial charge >= 0.3 is 0 Å². The third kappa shape index (κ3) is 3.34. The molecule has 1 aliphatic heterocycles. The zero-order valence-electron chi connectivity index (χ0n) is 11.9. The Bertz CT molecular complexity index is 391. The summed E-state index contributed by atoms with van der Waals surface area (Å²) in [6.07, 6.45) is 0.971. The minimum absolute atomic E-state index is 0.163. The van der Waals surface area contributed by atoms with Crippen molar-refractivity contribution >= 4 is 11.3 Å². The Hall–Kier alpha value is -0.380. The Kier molecular flexibility index (Phi) is 4.15. The van der Waals surface area contributed by atoms with Crippen molar-refractivity contribution in [2.45, 2.75) is 52.2 Å². The molecule has 2 rings (SSSR count). The van der Waals surface area contributed by atoms with Gasteiger partial charge in [-0.05, 0) is 43.4 Å². The Morgan fingerprint density at radius 1 is 1.44 bits per heavy atom. The first-order chi connectivity index (χ1) is 8.36. The molecule has 0 aromatic carbocycles. The quantitative estimate of drug-likeness (QED) is 0.909. The van der Waals surface area contributed by atoms with E-state index >= 15 is 0 Å². The molecule has 0 saturated carbocycles. The number of hydrogen-bond donors (Lipinski definition) is 1.